The maximum absolute atomic E-state index is 13.8. The number of carbonyl (C=O) groups is 4. The number of hydrogen-bond donors (Lipinski definition) is 3. The molecule has 2 aliphatic heterocycles. The van der Waals surface area contributed by atoms with Gasteiger partial charge < -0.3 is 25.6 Å². The lowest BCUT2D eigenvalue weighted by Gasteiger charge is -2.37. The molecule has 4 rings (SSSR count). The molecular formula is C26H32F5N5O5. The van der Waals surface area contributed by atoms with Crippen LogP contribution < -0.4 is 16.0 Å². The van der Waals surface area contributed by atoms with E-state index in [2.05, 4.69) is 10.6 Å². The molecular weight excluding hydrogens is 557 g/mol. The van der Waals surface area contributed by atoms with Gasteiger partial charge in [-0.25, -0.2) is 0 Å². The van der Waals surface area contributed by atoms with E-state index in [1.54, 1.807) is 5.32 Å². The Bertz CT molecular complexity index is 1160. The maximum Gasteiger partial charge on any atom is 0.463 e. The third-order valence-corrected chi connectivity index (χ3v) is 8.31. The summed E-state index contributed by atoms with van der Waals surface area (Å²) in [4.78, 5) is 52.8. The summed E-state index contributed by atoms with van der Waals surface area (Å²) in [6, 6.07) is -2.28. The summed E-state index contributed by atoms with van der Waals surface area (Å²) in [6.07, 6.45) is -2.69. The standard InChI is InChI=1S/C26H32F5N5O5/c1-24(2,3)19(35-23(40)25(27,28)26(29,30)31)22(39)36-11-15-12-4-5-13(8-12)17(15)18(36)21(38)34-14(10-32)9-16-20(37)33-6-7-41-16/h4-5,12-19H,6-9,11H2,1-3H3,(H,33,37)(H,34,38)(H,35,40)/t12-,13+,14+,15-,16+,17+,18+,19-/m1/s1. The summed E-state index contributed by atoms with van der Waals surface area (Å²) in [5, 5.41) is 16.4. The van der Waals surface area contributed by atoms with Crippen molar-refractivity contribution in [1.82, 2.24) is 20.9 Å². The fraction of sp³-hybridized carbons (Fsp3) is 0.731. The average molecular weight is 590 g/mol. The predicted molar refractivity (Wildman–Crippen MR) is 131 cm³/mol. The fourth-order valence-corrected chi connectivity index (χ4v) is 6.30. The van der Waals surface area contributed by atoms with Gasteiger partial charge in [-0.15, -0.1) is 0 Å². The molecule has 2 aliphatic carbocycles. The van der Waals surface area contributed by atoms with E-state index in [0.717, 1.165) is 11.3 Å². The van der Waals surface area contributed by atoms with Crippen LogP contribution in [-0.2, 0) is 23.9 Å². The molecule has 41 heavy (non-hydrogen) atoms. The van der Waals surface area contributed by atoms with Crippen molar-refractivity contribution >= 4 is 23.6 Å². The Morgan fingerprint density at radius 3 is 2.39 bits per heavy atom. The first-order valence-electron chi connectivity index (χ1n) is 13.3. The Labute approximate surface area is 233 Å². The summed E-state index contributed by atoms with van der Waals surface area (Å²) in [5.74, 6) is -11.2. The number of likely N-dealkylation sites (tertiary alicyclic amines) is 1. The topological polar surface area (TPSA) is 141 Å². The zero-order valence-corrected chi connectivity index (χ0v) is 22.6. The van der Waals surface area contributed by atoms with Crippen LogP contribution in [0.5, 0.6) is 0 Å². The van der Waals surface area contributed by atoms with Gasteiger partial charge in [0.15, 0.2) is 0 Å². The zero-order valence-electron chi connectivity index (χ0n) is 22.6. The van der Waals surface area contributed by atoms with Crippen molar-refractivity contribution in [3.63, 3.8) is 0 Å². The SMILES string of the molecule is CC(C)(C)[C@H](NC(=O)C(F)(F)C(F)(F)F)C(=O)N1C[C@H]2[C@@H]([C@H]1C(=O)N[C@H](C#N)C[C@@H]1OCCNC1=O)[C@H]1C=C[C@@H]2C1. The van der Waals surface area contributed by atoms with E-state index in [1.165, 1.54) is 20.8 Å². The second-order valence-electron chi connectivity index (χ2n) is 12.0. The molecule has 10 nitrogen and oxygen atoms in total. The van der Waals surface area contributed by atoms with Gasteiger partial charge in [-0.05, 0) is 35.5 Å². The number of fused-ring (bicyclic) bond motifs is 5. The molecule has 2 heterocycles. The molecule has 0 spiro atoms. The minimum absolute atomic E-state index is 0.0105. The molecule has 8 atom stereocenters. The quantitative estimate of drug-likeness (QED) is 0.302. The molecule has 4 aliphatic rings. The van der Waals surface area contributed by atoms with Gasteiger partial charge >= 0.3 is 18.0 Å². The predicted octanol–water partition coefficient (Wildman–Crippen LogP) is 1.28. The third-order valence-electron chi connectivity index (χ3n) is 8.31. The molecule has 0 aromatic carbocycles. The van der Waals surface area contributed by atoms with Gasteiger partial charge in [-0.1, -0.05) is 32.9 Å². The van der Waals surface area contributed by atoms with Crippen molar-refractivity contribution < 1.29 is 45.9 Å². The van der Waals surface area contributed by atoms with E-state index in [4.69, 9.17) is 4.74 Å². The average Bonchev–Trinajstić information content (AvgIpc) is 3.59. The fourth-order valence-electron chi connectivity index (χ4n) is 6.30. The molecule has 0 aromatic heterocycles. The lowest BCUT2D eigenvalue weighted by atomic mass is 9.81. The summed E-state index contributed by atoms with van der Waals surface area (Å²) >= 11 is 0. The molecule has 0 unspecified atom stereocenters. The molecule has 15 heteroatoms. The highest BCUT2D eigenvalue weighted by Gasteiger charge is 2.65. The Kier molecular flexibility index (Phi) is 8.12. The first-order valence-corrected chi connectivity index (χ1v) is 13.3. The monoisotopic (exact) mass is 589 g/mol. The van der Waals surface area contributed by atoms with Gasteiger partial charge in [-0.3, -0.25) is 19.2 Å². The normalized spacial score (nSPS) is 30.7. The van der Waals surface area contributed by atoms with Crippen LogP contribution in [0.3, 0.4) is 0 Å². The molecule has 0 aromatic rings. The Hall–Kier alpha value is -3.28. The van der Waals surface area contributed by atoms with Gasteiger partial charge in [0, 0.05) is 19.5 Å². The Balaban J connectivity index is 1.59. The number of carbonyl (C=O) groups excluding carboxylic acids is 4. The highest BCUT2D eigenvalue weighted by molar-refractivity contribution is 5.95. The first-order chi connectivity index (χ1) is 19.0. The minimum Gasteiger partial charge on any atom is -0.366 e. The number of alkyl halides is 5. The molecule has 3 N–H and O–H groups in total. The number of hydrogen-bond acceptors (Lipinski definition) is 6. The summed E-state index contributed by atoms with van der Waals surface area (Å²) in [7, 11) is 0. The molecule has 2 saturated heterocycles. The van der Waals surface area contributed by atoms with Gasteiger partial charge in [0.25, 0.3) is 0 Å². The molecule has 0 radical (unpaired) electrons. The van der Waals surface area contributed by atoms with Gasteiger partial charge in [0.05, 0.1) is 12.7 Å². The van der Waals surface area contributed by atoms with Gasteiger partial charge in [0.2, 0.25) is 17.7 Å². The summed E-state index contributed by atoms with van der Waals surface area (Å²) in [6.45, 7) is 4.70. The highest BCUT2D eigenvalue weighted by Crippen LogP contribution is 2.54. The van der Waals surface area contributed by atoms with Crippen molar-refractivity contribution in [2.45, 2.75) is 69.9 Å². The number of amides is 4. The smallest absolute Gasteiger partial charge is 0.366 e. The van der Waals surface area contributed by atoms with Crippen molar-refractivity contribution in [3.05, 3.63) is 12.2 Å². The molecule has 1 saturated carbocycles. The number of rotatable bonds is 7. The number of nitriles is 1. The number of nitrogens with zero attached hydrogens (tertiary/aromatic N) is 2. The molecule has 226 valence electrons. The van der Waals surface area contributed by atoms with E-state index < -0.39 is 71.3 Å². The van der Waals surface area contributed by atoms with Crippen LogP contribution in [0.15, 0.2) is 12.2 Å². The van der Waals surface area contributed by atoms with Crippen molar-refractivity contribution in [1.29, 1.82) is 5.26 Å². The van der Waals surface area contributed by atoms with Crippen LogP contribution in [0.2, 0.25) is 0 Å². The molecule has 2 bridgehead atoms. The largest absolute Gasteiger partial charge is 0.463 e. The lowest BCUT2D eigenvalue weighted by molar-refractivity contribution is -0.270. The van der Waals surface area contributed by atoms with Crippen LogP contribution in [0.1, 0.15) is 33.6 Å². The second kappa shape index (κ2) is 10.8. The van der Waals surface area contributed by atoms with Gasteiger partial charge in [-0.2, -0.15) is 27.2 Å². The van der Waals surface area contributed by atoms with E-state index in [-0.39, 0.29) is 37.3 Å². The first kappa shape index (κ1) is 30.7. The van der Waals surface area contributed by atoms with E-state index >= 15 is 0 Å². The lowest BCUT2D eigenvalue weighted by Crippen LogP contribution is -2.62. The highest BCUT2D eigenvalue weighted by atomic mass is 19.4. The van der Waals surface area contributed by atoms with Gasteiger partial charge in [0.1, 0.15) is 24.2 Å². The van der Waals surface area contributed by atoms with Crippen molar-refractivity contribution in [2.24, 2.45) is 29.1 Å². The minimum atomic E-state index is -6.17. The zero-order chi connectivity index (χ0) is 30.5. The van der Waals surface area contributed by atoms with Crippen LogP contribution in [0.25, 0.3) is 0 Å². The number of allylic oxidation sites excluding steroid dienone is 2. The maximum atomic E-state index is 13.8. The van der Waals surface area contributed by atoms with Crippen LogP contribution in [0.4, 0.5) is 22.0 Å². The van der Waals surface area contributed by atoms with Crippen LogP contribution in [0, 0.1) is 40.4 Å². The van der Waals surface area contributed by atoms with E-state index in [0.29, 0.717) is 6.54 Å². The van der Waals surface area contributed by atoms with Crippen LogP contribution >= 0.6 is 0 Å². The number of halogens is 5. The van der Waals surface area contributed by atoms with Crippen LogP contribution in [-0.4, -0.2) is 84.6 Å². The molecule has 4 amide bonds. The number of ether oxygens (including phenoxy) is 1. The summed E-state index contributed by atoms with van der Waals surface area (Å²) in [5.41, 5.74) is -1.31. The number of morpholine rings is 1. The van der Waals surface area contributed by atoms with E-state index in [1.807, 2.05) is 18.2 Å². The number of nitrogens with one attached hydrogen (secondary N) is 3. The van der Waals surface area contributed by atoms with Crippen molar-refractivity contribution in [2.75, 3.05) is 19.7 Å². The summed E-state index contributed by atoms with van der Waals surface area (Å²) < 4.78 is 71.6. The second-order valence-corrected chi connectivity index (χ2v) is 12.0. The van der Waals surface area contributed by atoms with Crippen molar-refractivity contribution in [3.8, 4) is 6.07 Å². The molecule has 3 fully saturated rings. The third kappa shape index (κ3) is 5.75. The van der Waals surface area contributed by atoms with E-state index in [9.17, 15) is 46.4 Å². The Morgan fingerprint density at radius 1 is 1.15 bits per heavy atom. The Morgan fingerprint density at radius 2 is 1.80 bits per heavy atom.